The van der Waals surface area contributed by atoms with Crippen LogP contribution in [0, 0.1) is 13.8 Å². The van der Waals surface area contributed by atoms with E-state index in [0.29, 0.717) is 22.9 Å². The van der Waals surface area contributed by atoms with Crippen LogP contribution in [0.25, 0.3) is 0 Å². The van der Waals surface area contributed by atoms with Crippen molar-refractivity contribution < 1.29 is 23.9 Å². The largest absolute Gasteiger partial charge is 0.493 e. The van der Waals surface area contributed by atoms with E-state index in [0.717, 1.165) is 16.7 Å². The molecule has 2 heterocycles. The highest BCUT2D eigenvalue weighted by Crippen LogP contribution is 2.41. The summed E-state index contributed by atoms with van der Waals surface area (Å²) < 4.78 is 10.6. The minimum absolute atomic E-state index is 0.0422. The van der Waals surface area contributed by atoms with Crippen molar-refractivity contribution in [3.63, 3.8) is 0 Å². The van der Waals surface area contributed by atoms with E-state index >= 15 is 0 Å². The zero-order valence-corrected chi connectivity index (χ0v) is 16.8. The lowest BCUT2D eigenvalue weighted by Gasteiger charge is -2.21. The molecular formula is C22H22N2O5. The van der Waals surface area contributed by atoms with Gasteiger partial charge in [-0.05, 0) is 49.2 Å². The SMILES string of the molecule is COc1ccc(C2=NO[C@@]3(CC(=O)N(c4cccc(C)c4C)C3=O)C2)cc1OC. The number of anilines is 1. The van der Waals surface area contributed by atoms with E-state index in [9.17, 15) is 9.59 Å². The molecule has 1 atom stereocenters. The van der Waals surface area contributed by atoms with Crippen molar-refractivity contribution in [3.05, 3.63) is 53.1 Å². The third-order valence-electron chi connectivity index (χ3n) is 5.60. The lowest BCUT2D eigenvalue weighted by molar-refractivity contribution is -0.136. The van der Waals surface area contributed by atoms with E-state index in [2.05, 4.69) is 5.16 Å². The van der Waals surface area contributed by atoms with Crippen molar-refractivity contribution in [2.24, 2.45) is 5.16 Å². The summed E-state index contributed by atoms with van der Waals surface area (Å²) in [5.41, 5.74) is 2.55. The molecule has 2 amide bonds. The maximum Gasteiger partial charge on any atom is 0.281 e. The number of benzene rings is 2. The molecule has 7 nitrogen and oxygen atoms in total. The zero-order chi connectivity index (χ0) is 20.8. The van der Waals surface area contributed by atoms with Crippen molar-refractivity contribution in [2.75, 3.05) is 19.1 Å². The van der Waals surface area contributed by atoms with Crippen molar-refractivity contribution >= 4 is 23.2 Å². The van der Waals surface area contributed by atoms with E-state index in [1.165, 1.54) is 4.90 Å². The second-order valence-corrected chi connectivity index (χ2v) is 7.30. The Hall–Kier alpha value is -3.35. The number of carbonyl (C=O) groups excluding carboxylic acids is 2. The Kier molecular flexibility index (Phi) is 4.53. The number of imide groups is 1. The molecule has 4 rings (SSSR count). The van der Waals surface area contributed by atoms with Gasteiger partial charge >= 0.3 is 0 Å². The molecule has 0 radical (unpaired) electrons. The number of amides is 2. The zero-order valence-electron chi connectivity index (χ0n) is 16.8. The summed E-state index contributed by atoms with van der Waals surface area (Å²) in [5, 5.41) is 4.15. The highest BCUT2D eigenvalue weighted by atomic mass is 16.7. The van der Waals surface area contributed by atoms with E-state index in [4.69, 9.17) is 14.3 Å². The van der Waals surface area contributed by atoms with Gasteiger partial charge in [-0.1, -0.05) is 17.3 Å². The Bertz CT molecular complexity index is 1050. The van der Waals surface area contributed by atoms with Gasteiger partial charge in [0.05, 0.1) is 32.0 Å². The van der Waals surface area contributed by atoms with Gasteiger partial charge in [-0.3, -0.25) is 9.59 Å². The van der Waals surface area contributed by atoms with Gasteiger partial charge in [-0.25, -0.2) is 4.90 Å². The average molecular weight is 394 g/mol. The summed E-state index contributed by atoms with van der Waals surface area (Å²) in [6, 6.07) is 10.9. The summed E-state index contributed by atoms with van der Waals surface area (Å²) in [7, 11) is 3.12. The Morgan fingerprint density at radius 1 is 1.03 bits per heavy atom. The van der Waals surface area contributed by atoms with E-state index in [1.807, 2.05) is 32.0 Å². The molecule has 2 aliphatic heterocycles. The topological polar surface area (TPSA) is 77.4 Å². The summed E-state index contributed by atoms with van der Waals surface area (Å²) in [6.45, 7) is 3.85. The van der Waals surface area contributed by atoms with Gasteiger partial charge in [0, 0.05) is 12.0 Å². The number of hydrogen-bond acceptors (Lipinski definition) is 6. The molecular weight excluding hydrogens is 372 g/mol. The van der Waals surface area contributed by atoms with Crippen LogP contribution in [0.3, 0.4) is 0 Å². The first-order valence-corrected chi connectivity index (χ1v) is 9.31. The van der Waals surface area contributed by atoms with Crippen LogP contribution in [0.5, 0.6) is 11.5 Å². The molecule has 0 saturated carbocycles. The summed E-state index contributed by atoms with van der Waals surface area (Å²) in [5.74, 6) is 0.487. The predicted molar refractivity (Wildman–Crippen MR) is 108 cm³/mol. The Labute approximate surface area is 168 Å². The highest BCUT2D eigenvalue weighted by Gasteiger charge is 2.58. The second-order valence-electron chi connectivity index (χ2n) is 7.30. The first kappa shape index (κ1) is 19.0. The fraction of sp³-hybridized carbons (Fsp3) is 0.318. The smallest absolute Gasteiger partial charge is 0.281 e. The molecule has 2 aromatic rings. The number of aryl methyl sites for hydroxylation is 1. The van der Waals surface area contributed by atoms with Crippen LogP contribution in [0.2, 0.25) is 0 Å². The molecule has 0 bridgehead atoms. The number of methoxy groups -OCH3 is 2. The van der Waals surface area contributed by atoms with E-state index in [-0.39, 0.29) is 24.7 Å². The fourth-order valence-corrected chi connectivity index (χ4v) is 3.79. The summed E-state index contributed by atoms with van der Waals surface area (Å²) in [6.07, 6.45) is 0.175. The fourth-order valence-electron chi connectivity index (χ4n) is 3.79. The molecule has 0 aromatic heterocycles. The van der Waals surface area contributed by atoms with Gasteiger partial charge in [0.25, 0.3) is 5.91 Å². The molecule has 1 saturated heterocycles. The molecule has 2 aromatic carbocycles. The first-order valence-electron chi connectivity index (χ1n) is 9.31. The van der Waals surface area contributed by atoms with Gasteiger partial charge in [0.1, 0.15) is 0 Å². The average Bonchev–Trinajstić information content (AvgIpc) is 3.25. The van der Waals surface area contributed by atoms with E-state index < -0.39 is 5.60 Å². The Morgan fingerprint density at radius 3 is 2.52 bits per heavy atom. The molecule has 0 unspecified atom stereocenters. The van der Waals surface area contributed by atoms with Crippen LogP contribution in [-0.4, -0.2) is 37.3 Å². The minimum atomic E-state index is -1.30. The third-order valence-corrected chi connectivity index (χ3v) is 5.60. The molecule has 0 N–H and O–H groups in total. The number of carbonyl (C=O) groups is 2. The summed E-state index contributed by atoms with van der Waals surface area (Å²) in [4.78, 5) is 32.9. The van der Waals surface area contributed by atoms with Crippen molar-refractivity contribution in [2.45, 2.75) is 32.3 Å². The molecule has 0 aliphatic carbocycles. The molecule has 1 spiro atoms. The molecule has 7 heteroatoms. The van der Waals surface area contributed by atoms with Crippen LogP contribution < -0.4 is 14.4 Å². The quantitative estimate of drug-likeness (QED) is 0.745. The van der Waals surface area contributed by atoms with Gasteiger partial charge < -0.3 is 14.3 Å². The van der Waals surface area contributed by atoms with Gasteiger partial charge in [-0.2, -0.15) is 0 Å². The van der Waals surface area contributed by atoms with Gasteiger partial charge in [0.2, 0.25) is 11.5 Å². The molecule has 29 heavy (non-hydrogen) atoms. The van der Waals surface area contributed by atoms with Gasteiger partial charge in [0.15, 0.2) is 11.5 Å². The van der Waals surface area contributed by atoms with Crippen molar-refractivity contribution in [3.8, 4) is 11.5 Å². The summed E-state index contributed by atoms with van der Waals surface area (Å²) >= 11 is 0. The van der Waals surface area contributed by atoms with E-state index in [1.54, 1.807) is 32.4 Å². The van der Waals surface area contributed by atoms with Gasteiger partial charge in [-0.15, -0.1) is 0 Å². The monoisotopic (exact) mass is 394 g/mol. The lowest BCUT2D eigenvalue weighted by atomic mass is 9.92. The molecule has 2 aliphatic rings. The normalized spacial score (nSPS) is 20.8. The Morgan fingerprint density at radius 2 is 1.79 bits per heavy atom. The number of ether oxygens (including phenoxy) is 2. The Balaban J connectivity index is 1.63. The van der Waals surface area contributed by atoms with Crippen LogP contribution >= 0.6 is 0 Å². The van der Waals surface area contributed by atoms with Crippen LogP contribution in [0.4, 0.5) is 5.69 Å². The highest BCUT2D eigenvalue weighted by molar-refractivity contribution is 6.26. The van der Waals surface area contributed by atoms with Crippen LogP contribution in [-0.2, 0) is 14.4 Å². The lowest BCUT2D eigenvalue weighted by Crippen LogP contribution is -2.41. The number of nitrogens with zero attached hydrogens (tertiary/aromatic N) is 2. The number of rotatable bonds is 4. The van der Waals surface area contributed by atoms with Crippen molar-refractivity contribution in [1.29, 1.82) is 0 Å². The number of oxime groups is 1. The molecule has 1 fully saturated rings. The first-order chi connectivity index (χ1) is 13.9. The minimum Gasteiger partial charge on any atom is -0.493 e. The maximum atomic E-state index is 13.3. The predicted octanol–water partition coefficient (Wildman–Crippen LogP) is 3.15. The standard InChI is InChI=1S/C22H22N2O5/c1-13-6-5-7-17(14(13)2)24-20(25)12-22(21(24)26)11-16(23-29-22)15-8-9-18(27-3)19(10-15)28-4/h5-10H,11-12H2,1-4H3/t22-/m1/s1. The second kappa shape index (κ2) is 6.92. The molecule has 150 valence electrons. The third kappa shape index (κ3) is 2.93. The van der Waals surface area contributed by atoms with Crippen LogP contribution in [0.15, 0.2) is 41.6 Å². The maximum absolute atomic E-state index is 13.3. The van der Waals surface area contributed by atoms with Crippen LogP contribution in [0.1, 0.15) is 29.5 Å². The number of hydrogen-bond donors (Lipinski definition) is 0. The van der Waals surface area contributed by atoms with Crippen molar-refractivity contribution in [1.82, 2.24) is 0 Å².